The van der Waals surface area contributed by atoms with E-state index in [4.69, 9.17) is 23.2 Å². The van der Waals surface area contributed by atoms with Crippen molar-refractivity contribution in [3.63, 3.8) is 0 Å². The molecule has 1 atom stereocenters. The molecule has 1 heterocycles. The number of rotatable bonds is 4. The molecule has 1 amide bonds. The molecule has 1 aliphatic heterocycles. The highest BCUT2D eigenvalue weighted by Crippen LogP contribution is 2.34. The van der Waals surface area contributed by atoms with E-state index in [9.17, 15) is 4.79 Å². The Morgan fingerprint density at radius 3 is 2.73 bits per heavy atom. The van der Waals surface area contributed by atoms with Crippen LogP contribution in [0.5, 0.6) is 0 Å². The standard InChI is InChI=1S/C18H21Cl2NO/c19-16-10-7-13(12-17(16)20)4-3-6-15-5-1-2-11-21(15)18(22)14-8-9-14/h3-4,7,10,12,14-15H,1-2,5-6,8-9,11H2/b4-3+. The van der Waals surface area contributed by atoms with Crippen molar-refractivity contribution in [2.75, 3.05) is 6.54 Å². The molecule has 0 bridgehead atoms. The van der Waals surface area contributed by atoms with Gasteiger partial charge in [0.1, 0.15) is 0 Å². The van der Waals surface area contributed by atoms with Gasteiger partial charge in [-0.05, 0) is 56.2 Å². The molecular weight excluding hydrogens is 317 g/mol. The Morgan fingerprint density at radius 1 is 1.18 bits per heavy atom. The second-order valence-corrected chi connectivity index (χ2v) is 7.08. The van der Waals surface area contributed by atoms with E-state index in [2.05, 4.69) is 17.1 Å². The molecule has 118 valence electrons. The van der Waals surface area contributed by atoms with E-state index in [1.54, 1.807) is 0 Å². The van der Waals surface area contributed by atoms with Crippen LogP contribution in [-0.4, -0.2) is 23.4 Å². The number of halogens is 2. The van der Waals surface area contributed by atoms with Crippen LogP contribution in [0.15, 0.2) is 24.3 Å². The number of piperidine rings is 1. The molecule has 1 aliphatic carbocycles. The van der Waals surface area contributed by atoms with Gasteiger partial charge in [0.2, 0.25) is 5.91 Å². The first-order valence-corrected chi connectivity index (χ1v) is 8.83. The van der Waals surface area contributed by atoms with Crippen molar-refractivity contribution in [3.05, 3.63) is 39.9 Å². The number of likely N-dealkylation sites (tertiary alicyclic amines) is 1. The van der Waals surface area contributed by atoms with E-state index in [1.807, 2.05) is 18.2 Å². The summed E-state index contributed by atoms with van der Waals surface area (Å²) in [5.41, 5.74) is 1.05. The highest BCUT2D eigenvalue weighted by Gasteiger charge is 2.36. The fraction of sp³-hybridized carbons (Fsp3) is 0.500. The lowest BCUT2D eigenvalue weighted by Gasteiger charge is -2.35. The van der Waals surface area contributed by atoms with E-state index in [0.717, 1.165) is 44.2 Å². The lowest BCUT2D eigenvalue weighted by molar-refractivity contribution is -0.136. The average molecular weight is 338 g/mol. The van der Waals surface area contributed by atoms with Crippen LogP contribution in [0.25, 0.3) is 6.08 Å². The van der Waals surface area contributed by atoms with Gasteiger partial charge >= 0.3 is 0 Å². The van der Waals surface area contributed by atoms with Gasteiger partial charge in [-0.1, -0.05) is 41.4 Å². The molecule has 0 N–H and O–H groups in total. The molecule has 2 nitrogen and oxygen atoms in total. The predicted octanol–water partition coefficient (Wildman–Crippen LogP) is 5.19. The van der Waals surface area contributed by atoms with Gasteiger partial charge in [0, 0.05) is 18.5 Å². The summed E-state index contributed by atoms with van der Waals surface area (Å²) in [7, 11) is 0. The van der Waals surface area contributed by atoms with Crippen LogP contribution < -0.4 is 0 Å². The van der Waals surface area contributed by atoms with Crippen molar-refractivity contribution in [1.29, 1.82) is 0 Å². The molecule has 3 rings (SSSR count). The molecule has 1 unspecified atom stereocenters. The smallest absolute Gasteiger partial charge is 0.225 e. The van der Waals surface area contributed by atoms with Gasteiger partial charge in [-0.25, -0.2) is 0 Å². The van der Waals surface area contributed by atoms with Crippen LogP contribution >= 0.6 is 23.2 Å². The Balaban J connectivity index is 1.61. The van der Waals surface area contributed by atoms with E-state index >= 15 is 0 Å². The van der Waals surface area contributed by atoms with Crippen LogP contribution in [-0.2, 0) is 4.79 Å². The van der Waals surface area contributed by atoms with Crippen molar-refractivity contribution in [3.8, 4) is 0 Å². The van der Waals surface area contributed by atoms with Gasteiger partial charge in [-0.2, -0.15) is 0 Å². The number of amides is 1. The SMILES string of the molecule is O=C(C1CC1)N1CCCCC1C/C=C/c1ccc(Cl)c(Cl)c1. The predicted molar refractivity (Wildman–Crippen MR) is 92.2 cm³/mol. The van der Waals surface area contributed by atoms with Crippen molar-refractivity contribution in [1.82, 2.24) is 4.90 Å². The van der Waals surface area contributed by atoms with Gasteiger partial charge in [-0.3, -0.25) is 4.79 Å². The van der Waals surface area contributed by atoms with Crippen LogP contribution in [0.1, 0.15) is 44.1 Å². The molecule has 1 saturated heterocycles. The summed E-state index contributed by atoms with van der Waals surface area (Å²) in [6.07, 6.45) is 10.8. The average Bonchev–Trinajstić information content (AvgIpc) is 3.35. The lowest BCUT2D eigenvalue weighted by Crippen LogP contribution is -2.44. The molecule has 0 radical (unpaired) electrons. The van der Waals surface area contributed by atoms with Gasteiger partial charge in [0.25, 0.3) is 0 Å². The van der Waals surface area contributed by atoms with Crippen LogP contribution in [0.3, 0.4) is 0 Å². The molecule has 0 aromatic heterocycles. The molecule has 1 saturated carbocycles. The largest absolute Gasteiger partial charge is 0.339 e. The third-order valence-corrected chi connectivity index (χ3v) is 5.24. The Labute approximate surface area is 142 Å². The first-order chi connectivity index (χ1) is 10.6. The van der Waals surface area contributed by atoms with Gasteiger partial charge in [0.05, 0.1) is 10.0 Å². The lowest BCUT2D eigenvalue weighted by atomic mass is 9.98. The Kier molecular flexibility index (Phi) is 5.10. The number of carbonyl (C=O) groups excluding carboxylic acids is 1. The molecule has 1 aromatic rings. The van der Waals surface area contributed by atoms with Gasteiger partial charge < -0.3 is 4.90 Å². The summed E-state index contributed by atoms with van der Waals surface area (Å²) in [5, 5.41) is 1.15. The summed E-state index contributed by atoms with van der Waals surface area (Å²) < 4.78 is 0. The Bertz CT molecular complexity index is 580. The minimum Gasteiger partial charge on any atom is -0.339 e. The van der Waals surface area contributed by atoms with E-state index in [1.165, 1.54) is 6.42 Å². The minimum atomic E-state index is 0.319. The molecule has 22 heavy (non-hydrogen) atoms. The van der Waals surface area contributed by atoms with Crippen molar-refractivity contribution in [2.24, 2.45) is 5.92 Å². The minimum absolute atomic E-state index is 0.319. The fourth-order valence-electron chi connectivity index (χ4n) is 3.08. The van der Waals surface area contributed by atoms with Crippen molar-refractivity contribution in [2.45, 2.75) is 44.6 Å². The highest BCUT2D eigenvalue weighted by molar-refractivity contribution is 6.42. The first-order valence-electron chi connectivity index (χ1n) is 8.07. The monoisotopic (exact) mass is 337 g/mol. The molecule has 2 fully saturated rings. The zero-order chi connectivity index (χ0) is 15.5. The first kappa shape index (κ1) is 15.9. The topological polar surface area (TPSA) is 20.3 Å². The molecule has 0 spiro atoms. The molecule has 4 heteroatoms. The van der Waals surface area contributed by atoms with Crippen LogP contribution in [0.2, 0.25) is 10.0 Å². The van der Waals surface area contributed by atoms with Crippen LogP contribution in [0.4, 0.5) is 0 Å². The van der Waals surface area contributed by atoms with Gasteiger partial charge in [-0.15, -0.1) is 0 Å². The highest BCUT2D eigenvalue weighted by atomic mass is 35.5. The number of hydrogen-bond acceptors (Lipinski definition) is 1. The molecule has 2 aliphatic rings. The fourth-order valence-corrected chi connectivity index (χ4v) is 3.38. The quantitative estimate of drug-likeness (QED) is 0.740. The normalized spacial score (nSPS) is 22.3. The van der Waals surface area contributed by atoms with E-state index in [-0.39, 0.29) is 0 Å². The van der Waals surface area contributed by atoms with Crippen molar-refractivity contribution < 1.29 is 4.79 Å². The number of hydrogen-bond donors (Lipinski definition) is 0. The Morgan fingerprint density at radius 2 is 2.00 bits per heavy atom. The molecular formula is C18H21Cl2NO. The van der Waals surface area contributed by atoms with Crippen molar-refractivity contribution >= 4 is 35.2 Å². The number of carbonyl (C=O) groups is 1. The second-order valence-electron chi connectivity index (χ2n) is 6.27. The van der Waals surface area contributed by atoms with Crippen LogP contribution in [0, 0.1) is 5.92 Å². The summed E-state index contributed by atoms with van der Waals surface area (Å²) >= 11 is 12.0. The third-order valence-electron chi connectivity index (χ3n) is 4.50. The molecule has 1 aromatic carbocycles. The van der Waals surface area contributed by atoms with E-state index < -0.39 is 0 Å². The zero-order valence-electron chi connectivity index (χ0n) is 12.6. The maximum Gasteiger partial charge on any atom is 0.225 e. The Hall–Kier alpha value is -0.990. The summed E-state index contributed by atoms with van der Waals surface area (Å²) in [4.78, 5) is 14.5. The second kappa shape index (κ2) is 7.06. The zero-order valence-corrected chi connectivity index (χ0v) is 14.1. The van der Waals surface area contributed by atoms with Gasteiger partial charge in [0.15, 0.2) is 0 Å². The number of nitrogens with zero attached hydrogens (tertiary/aromatic N) is 1. The number of benzene rings is 1. The summed E-state index contributed by atoms with van der Waals surface area (Å²) in [6, 6.07) is 6.00. The maximum atomic E-state index is 12.4. The third kappa shape index (κ3) is 3.85. The summed E-state index contributed by atoms with van der Waals surface area (Å²) in [6.45, 7) is 0.931. The maximum absolute atomic E-state index is 12.4. The van der Waals surface area contributed by atoms with E-state index in [0.29, 0.717) is 27.9 Å². The summed E-state index contributed by atoms with van der Waals surface area (Å²) in [5.74, 6) is 0.701.